The number of carbonyl (C=O) groups is 2. The van der Waals surface area contributed by atoms with E-state index in [0.717, 1.165) is 0 Å². The van der Waals surface area contributed by atoms with Crippen molar-refractivity contribution in [3.63, 3.8) is 0 Å². The van der Waals surface area contributed by atoms with Gasteiger partial charge >= 0.3 is 0 Å². The first-order valence-corrected chi connectivity index (χ1v) is 11.2. The molecule has 2 aromatic rings. The second kappa shape index (κ2) is 10.8. The lowest BCUT2D eigenvalue weighted by atomic mass is 10.1. The van der Waals surface area contributed by atoms with Gasteiger partial charge < -0.3 is 9.47 Å². The topological polar surface area (TPSA) is 52.6 Å². The van der Waals surface area contributed by atoms with Gasteiger partial charge in [0.2, 0.25) is 0 Å². The number of Topliss-reactive ketones (excluding diaryl/α,β-unsaturated/α-hetero) is 2. The van der Waals surface area contributed by atoms with Crippen molar-refractivity contribution in [2.24, 2.45) is 0 Å². The quantitative estimate of drug-likeness (QED) is 0.304. The van der Waals surface area contributed by atoms with Gasteiger partial charge in [0.1, 0.15) is 23.1 Å². The van der Waals surface area contributed by atoms with Crippen LogP contribution in [0.5, 0.6) is 11.5 Å². The number of ketones is 2. The highest BCUT2D eigenvalue weighted by molar-refractivity contribution is 9.11. The van der Waals surface area contributed by atoms with Gasteiger partial charge in [-0.25, -0.2) is 8.78 Å². The van der Waals surface area contributed by atoms with E-state index in [2.05, 4.69) is 47.8 Å². The maximum absolute atomic E-state index is 13.2. The fourth-order valence-electron chi connectivity index (χ4n) is 2.83. The number of rotatable bonds is 0. The van der Waals surface area contributed by atoms with E-state index < -0.39 is 11.6 Å². The number of ether oxygens (including phenoxy) is 2. The third kappa shape index (κ3) is 5.68. The molecule has 9 heteroatoms. The van der Waals surface area contributed by atoms with Crippen LogP contribution in [0.25, 0.3) is 0 Å². The number of alkyl halides is 1. The highest BCUT2D eigenvalue weighted by atomic mass is 79.9. The van der Waals surface area contributed by atoms with Gasteiger partial charge in [0.15, 0.2) is 11.6 Å². The minimum atomic E-state index is -0.422. The van der Waals surface area contributed by atoms with Gasteiger partial charge in [-0.15, -0.1) is 0 Å². The van der Waals surface area contributed by atoms with Crippen molar-refractivity contribution in [1.82, 2.24) is 0 Å². The molecule has 0 spiro atoms. The van der Waals surface area contributed by atoms with E-state index in [-0.39, 0.29) is 28.3 Å². The molecule has 0 radical (unpaired) electrons. The maximum atomic E-state index is 13.2. The summed E-state index contributed by atoms with van der Waals surface area (Å²) in [5, 5.41) is 0. The molecule has 162 valence electrons. The molecule has 1 unspecified atom stereocenters. The monoisotopic (exact) mass is 610 g/mol. The number of hydrogen-bond acceptors (Lipinski definition) is 4. The molecule has 0 amide bonds. The van der Waals surface area contributed by atoms with Crippen LogP contribution in [0.2, 0.25) is 0 Å². The number of hydrogen-bond donors (Lipinski definition) is 0. The van der Waals surface area contributed by atoms with Crippen molar-refractivity contribution >= 4 is 59.4 Å². The van der Waals surface area contributed by atoms with Crippen LogP contribution in [0.3, 0.4) is 0 Å². The molecule has 2 heterocycles. The van der Waals surface area contributed by atoms with E-state index in [1.807, 2.05) is 0 Å². The number of benzene rings is 2. The largest absolute Gasteiger partial charge is 0.493 e. The van der Waals surface area contributed by atoms with Crippen molar-refractivity contribution in [1.29, 1.82) is 0 Å². The van der Waals surface area contributed by atoms with Crippen LogP contribution in [0, 0.1) is 11.6 Å². The lowest BCUT2D eigenvalue weighted by Gasteiger charge is -2.07. The van der Waals surface area contributed by atoms with Gasteiger partial charge in [0, 0.05) is 25.0 Å². The average Bonchev–Trinajstić information content (AvgIpc) is 2.93. The Morgan fingerprint density at radius 2 is 1.40 bits per heavy atom. The van der Waals surface area contributed by atoms with Crippen molar-refractivity contribution in [2.45, 2.75) is 31.5 Å². The van der Waals surface area contributed by atoms with Gasteiger partial charge in [-0.3, -0.25) is 9.59 Å². The predicted molar refractivity (Wildman–Crippen MR) is 121 cm³/mol. The fourth-order valence-corrected chi connectivity index (χ4v) is 3.95. The van der Waals surface area contributed by atoms with Crippen LogP contribution < -0.4 is 9.47 Å². The summed E-state index contributed by atoms with van der Waals surface area (Å²) in [5.41, 5.74) is 0.887. The molecular formula is C21H19Br3F2O4. The van der Waals surface area contributed by atoms with E-state index in [1.54, 1.807) is 0 Å². The van der Waals surface area contributed by atoms with Crippen LogP contribution >= 0.6 is 47.8 Å². The average molecular weight is 613 g/mol. The lowest BCUT2D eigenvalue weighted by Crippen LogP contribution is -2.13. The Balaban J connectivity index is 0.000000207. The molecule has 0 N–H and O–H groups in total. The second-order valence-electron chi connectivity index (χ2n) is 6.37. The maximum Gasteiger partial charge on any atom is 0.180 e. The highest BCUT2D eigenvalue weighted by Crippen LogP contribution is 2.32. The van der Waals surface area contributed by atoms with E-state index in [0.29, 0.717) is 59.6 Å². The second-order valence-corrected chi connectivity index (χ2v) is 9.18. The molecule has 30 heavy (non-hydrogen) atoms. The Kier molecular flexibility index (Phi) is 8.99. The molecule has 0 aliphatic carbocycles. The Labute approximate surface area is 198 Å². The Hall–Kier alpha value is -1.32. The summed E-state index contributed by atoms with van der Waals surface area (Å²) >= 11 is 9.37. The van der Waals surface area contributed by atoms with Crippen molar-refractivity contribution in [3.05, 3.63) is 56.0 Å². The smallest absolute Gasteiger partial charge is 0.180 e. The van der Waals surface area contributed by atoms with E-state index in [4.69, 9.17) is 9.47 Å². The third-order valence-corrected chi connectivity index (χ3v) is 6.42. The molecule has 2 aromatic carbocycles. The first kappa shape index (κ1) is 24.9. The van der Waals surface area contributed by atoms with Crippen LogP contribution in [0.15, 0.2) is 33.2 Å². The van der Waals surface area contributed by atoms with E-state index >= 15 is 0 Å². The highest BCUT2D eigenvalue weighted by Gasteiger charge is 2.25. The SMILES string of the molecule is C.O=C1CCCOc2cc(F)c(Br)cc21.O=C1c2cc(Br)c(F)cc2OCCC1Br. The molecule has 2 aliphatic rings. The Morgan fingerprint density at radius 1 is 0.867 bits per heavy atom. The molecule has 0 saturated heterocycles. The van der Waals surface area contributed by atoms with Crippen molar-refractivity contribution < 1.29 is 27.8 Å². The van der Waals surface area contributed by atoms with Crippen molar-refractivity contribution in [2.75, 3.05) is 13.2 Å². The summed E-state index contributed by atoms with van der Waals surface area (Å²) in [6, 6.07) is 5.44. The number of fused-ring (bicyclic) bond motifs is 2. The Bertz CT molecular complexity index is 966. The van der Waals surface area contributed by atoms with Gasteiger partial charge in [0.05, 0.1) is 38.1 Å². The molecule has 2 aliphatic heterocycles. The first-order valence-electron chi connectivity index (χ1n) is 8.73. The summed E-state index contributed by atoms with van der Waals surface area (Å²) in [6.07, 6.45) is 1.74. The third-order valence-electron chi connectivity index (χ3n) is 4.33. The first-order chi connectivity index (χ1) is 13.8. The summed E-state index contributed by atoms with van der Waals surface area (Å²) in [7, 11) is 0. The summed E-state index contributed by atoms with van der Waals surface area (Å²) in [6.45, 7) is 0.884. The van der Waals surface area contributed by atoms with Gasteiger partial charge in [0.25, 0.3) is 0 Å². The molecule has 4 nitrogen and oxygen atoms in total. The van der Waals surface area contributed by atoms with Crippen LogP contribution in [-0.2, 0) is 0 Å². The van der Waals surface area contributed by atoms with Crippen molar-refractivity contribution in [3.8, 4) is 11.5 Å². The van der Waals surface area contributed by atoms with Crippen LogP contribution in [-0.4, -0.2) is 29.6 Å². The zero-order valence-corrected chi connectivity index (χ0v) is 19.7. The zero-order chi connectivity index (χ0) is 21.1. The van der Waals surface area contributed by atoms with Gasteiger partial charge in [-0.05, 0) is 50.4 Å². The summed E-state index contributed by atoms with van der Waals surface area (Å²) in [4.78, 5) is 23.1. The molecule has 0 fully saturated rings. The molecule has 0 aromatic heterocycles. The van der Waals surface area contributed by atoms with Crippen LogP contribution in [0.4, 0.5) is 8.78 Å². The predicted octanol–water partition coefficient (Wildman–Crippen LogP) is 6.90. The number of carbonyl (C=O) groups excluding carboxylic acids is 2. The molecule has 0 saturated carbocycles. The van der Waals surface area contributed by atoms with Crippen LogP contribution in [0.1, 0.15) is 47.4 Å². The zero-order valence-electron chi connectivity index (χ0n) is 14.9. The minimum Gasteiger partial charge on any atom is -0.493 e. The minimum absolute atomic E-state index is 0. The fraction of sp³-hybridized carbons (Fsp3) is 0.333. The molecule has 1 atom stereocenters. The lowest BCUT2D eigenvalue weighted by molar-refractivity contribution is 0.0978. The van der Waals surface area contributed by atoms with Gasteiger partial charge in [-0.2, -0.15) is 0 Å². The molecule has 0 bridgehead atoms. The van der Waals surface area contributed by atoms with Gasteiger partial charge in [-0.1, -0.05) is 23.4 Å². The molecular weight excluding hydrogens is 594 g/mol. The van der Waals surface area contributed by atoms with E-state index in [1.165, 1.54) is 24.3 Å². The summed E-state index contributed by atoms with van der Waals surface area (Å²) in [5.74, 6) is -0.203. The number of halogens is 5. The molecule has 4 rings (SSSR count). The summed E-state index contributed by atoms with van der Waals surface area (Å²) < 4.78 is 37.5. The standard InChI is InChI=1S/C10H7Br2FO2.C10H8BrFO2.CH4/c11-6-1-2-15-9-4-8(13)7(12)3-5(9)10(6)14;11-7-4-6-9(13)2-1-3-14-10(6)5-8(7)12;/h3-4,6H,1-2H2;4-5H,1-3H2;1H4. The normalized spacial score (nSPS) is 17.6. The van der Waals surface area contributed by atoms with E-state index in [9.17, 15) is 18.4 Å². The Morgan fingerprint density at radius 3 is 2.03 bits per heavy atom.